The second-order valence-electron chi connectivity index (χ2n) is 6.08. The van der Waals surface area contributed by atoms with Gasteiger partial charge in [0.2, 0.25) is 0 Å². The van der Waals surface area contributed by atoms with E-state index >= 15 is 0 Å². The molecule has 1 aliphatic rings. The molecule has 0 atom stereocenters. The van der Waals surface area contributed by atoms with Crippen LogP contribution in [0.15, 0.2) is 36.5 Å². The lowest BCUT2D eigenvalue weighted by molar-refractivity contribution is -0.137. The first kappa shape index (κ1) is 19.2. The van der Waals surface area contributed by atoms with Crippen LogP contribution in [-0.4, -0.2) is 34.8 Å². The van der Waals surface area contributed by atoms with Gasteiger partial charge in [-0.2, -0.15) is 13.2 Å². The number of carbonyl (C=O) groups excluding carboxylic acids is 2. The number of nitrogens with one attached hydrogen (secondary N) is 1. The van der Waals surface area contributed by atoms with Gasteiger partial charge in [-0.3, -0.25) is 14.6 Å². The lowest BCUT2D eigenvalue weighted by Crippen LogP contribution is -2.28. The van der Waals surface area contributed by atoms with Gasteiger partial charge in [0.1, 0.15) is 5.69 Å². The highest BCUT2D eigenvalue weighted by atomic mass is 35.5. The average Bonchev–Trinajstić information content (AvgIpc) is 3.16. The minimum Gasteiger partial charge on any atom is -0.337 e. The molecular formula is C18H15ClF3N3O2. The molecule has 0 bridgehead atoms. The number of rotatable bonds is 3. The Morgan fingerprint density at radius 3 is 2.48 bits per heavy atom. The molecular weight excluding hydrogens is 383 g/mol. The van der Waals surface area contributed by atoms with Gasteiger partial charge in [-0.15, -0.1) is 0 Å². The Kier molecular flexibility index (Phi) is 5.36. The maximum absolute atomic E-state index is 12.9. The molecule has 1 aromatic carbocycles. The molecule has 2 aromatic rings. The van der Waals surface area contributed by atoms with Gasteiger partial charge < -0.3 is 10.2 Å². The Labute approximate surface area is 158 Å². The number of pyridine rings is 1. The van der Waals surface area contributed by atoms with Crippen molar-refractivity contribution in [3.63, 3.8) is 0 Å². The van der Waals surface area contributed by atoms with E-state index < -0.39 is 22.7 Å². The number of benzene rings is 1. The van der Waals surface area contributed by atoms with Crippen LogP contribution in [0.1, 0.15) is 39.3 Å². The maximum Gasteiger partial charge on any atom is 0.417 e. The molecule has 3 rings (SSSR count). The number of halogens is 4. The van der Waals surface area contributed by atoms with Crippen molar-refractivity contribution in [3.05, 3.63) is 58.4 Å². The van der Waals surface area contributed by atoms with E-state index in [9.17, 15) is 22.8 Å². The van der Waals surface area contributed by atoms with Crippen LogP contribution in [0.2, 0.25) is 5.02 Å². The minimum absolute atomic E-state index is 0.0547. The summed E-state index contributed by atoms with van der Waals surface area (Å²) in [6.45, 7) is 1.28. The molecule has 27 heavy (non-hydrogen) atoms. The van der Waals surface area contributed by atoms with Gasteiger partial charge in [0.15, 0.2) is 0 Å². The zero-order valence-electron chi connectivity index (χ0n) is 14.0. The minimum atomic E-state index is -4.64. The zero-order valence-corrected chi connectivity index (χ0v) is 14.8. The fraction of sp³-hybridized carbons (Fsp3) is 0.278. The lowest BCUT2D eigenvalue weighted by Gasteiger charge is -2.15. The van der Waals surface area contributed by atoms with Crippen LogP contribution in [0.25, 0.3) is 0 Å². The highest BCUT2D eigenvalue weighted by molar-refractivity contribution is 6.31. The SMILES string of the molecule is O=C(Nc1ccc(Cl)c(C(F)(F)F)c1)c1ccnc(C(=O)N2CCCC2)c1. The van der Waals surface area contributed by atoms with Gasteiger partial charge in [-0.25, -0.2) is 0 Å². The molecule has 0 unspecified atom stereocenters. The molecule has 0 spiro atoms. The first-order chi connectivity index (χ1) is 12.8. The van der Waals surface area contributed by atoms with Gasteiger partial charge in [0, 0.05) is 30.5 Å². The van der Waals surface area contributed by atoms with E-state index in [1.54, 1.807) is 4.90 Å². The summed E-state index contributed by atoms with van der Waals surface area (Å²) in [6.07, 6.45) is -1.47. The van der Waals surface area contributed by atoms with Crippen LogP contribution in [0.5, 0.6) is 0 Å². The first-order valence-electron chi connectivity index (χ1n) is 8.19. The summed E-state index contributed by atoms with van der Waals surface area (Å²) in [6, 6.07) is 5.81. The normalized spacial score (nSPS) is 14.3. The molecule has 142 valence electrons. The van der Waals surface area contributed by atoms with E-state index in [1.165, 1.54) is 24.4 Å². The third kappa shape index (κ3) is 4.39. The number of likely N-dealkylation sites (tertiary alicyclic amines) is 1. The van der Waals surface area contributed by atoms with Gasteiger partial charge in [-0.1, -0.05) is 11.6 Å². The van der Waals surface area contributed by atoms with Crippen LogP contribution >= 0.6 is 11.6 Å². The number of hydrogen-bond donors (Lipinski definition) is 1. The third-order valence-electron chi connectivity index (χ3n) is 4.16. The van der Waals surface area contributed by atoms with E-state index in [-0.39, 0.29) is 22.9 Å². The quantitative estimate of drug-likeness (QED) is 0.842. The number of alkyl halides is 3. The topological polar surface area (TPSA) is 62.3 Å². The van der Waals surface area contributed by atoms with Crippen molar-refractivity contribution in [1.29, 1.82) is 0 Å². The highest BCUT2D eigenvalue weighted by Gasteiger charge is 2.33. The van der Waals surface area contributed by atoms with Crippen molar-refractivity contribution >= 4 is 29.1 Å². The van der Waals surface area contributed by atoms with Crippen molar-refractivity contribution in [2.24, 2.45) is 0 Å². The monoisotopic (exact) mass is 397 g/mol. The number of aromatic nitrogens is 1. The Morgan fingerprint density at radius 2 is 1.81 bits per heavy atom. The molecule has 1 saturated heterocycles. The largest absolute Gasteiger partial charge is 0.417 e. The smallest absolute Gasteiger partial charge is 0.337 e. The fourth-order valence-corrected chi connectivity index (χ4v) is 3.02. The van der Waals surface area contributed by atoms with E-state index in [2.05, 4.69) is 10.3 Å². The predicted octanol–water partition coefficient (Wildman–Crippen LogP) is 4.24. The molecule has 0 radical (unpaired) electrons. The summed E-state index contributed by atoms with van der Waals surface area (Å²) in [5.74, 6) is -0.920. The molecule has 1 N–H and O–H groups in total. The molecule has 2 amide bonds. The van der Waals surface area contributed by atoms with Crippen LogP contribution < -0.4 is 5.32 Å². The Bertz CT molecular complexity index is 880. The van der Waals surface area contributed by atoms with Gasteiger partial charge >= 0.3 is 6.18 Å². The number of nitrogens with zero attached hydrogens (tertiary/aromatic N) is 2. The van der Waals surface area contributed by atoms with Crippen LogP contribution in [0.4, 0.5) is 18.9 Å². The van der Waals surface area contributed by atoms with Gasteiger partial charge in [0.05, 0.1) is 10.6 Å². The Hall–Kier alpha value is -2.61. The summed E-state index contributed by atoms with van der Waals surface area (Å²) in [7, 11) is 0. The standard InChI is InChI=1S/C18H15ClF3N3O2/c19-14-4-3-12(10-13(14)18(20,21)22)24-16(26)11-5-6-23-15(9-11)17(27)25-7-1-2-8-25/h3-6,9-10H,1-2,7-8H2,(H,24,26). The molecule has 1 fully saturated rings. The van der Waals surface area contributed by atoms with Crippen LogP contribution in [0, 0.1) is 0 Å². The van der Waals surface area contributed by atoms with E-state index in [1.807, 2.05) is 0 Å². The summed E-state index contributed by atoms with van der Waals surface area (Å²) < 4.78 is 38.8. The summed E-state index contributed by atoms with van der Waals surface area (Å²) in [5, 5.41) is 1.93. The van der Waals surface area contributed by atoms with Gasteiger partial charge in [-0.05, 0) is 43.2 Å². The molecule has 2 heterocycles. The molecule has 5 nitrogen and oxygen atoms in total. The van der Waals surface area contributed by atoms with Crippen molar-refractivity contribution in [1.82, 2.24) is 9.88 Å². The highest BCUT2D eigenvalue weighted by Crippen LogP contribution is 2.36. The Balaban J connectivity index is 1.79. The molecule has 0 aliphatic carbocycles. The molecule has 1 aliphatic heterocycles. The van der Waals surface area contributed by atoms with Crippen molar-refractivity contribution in [2.75, 3.05) is 18.4 Å². The van der Waals surface area contributed by atoms with Crippen LogP contribution in [0.3, 0.4) is 0 Å². The van der Waals surface area contributed by atoms with Crippen molar-refractivity contribution < 1.29 is 22.8 Å². The zero-order chi connectivity index (χ0) is 19.6. The second-order valence-corrected chi connectivity index (χ2v) is 6.48. The number of anilines is 1. The summed E-state index contributed by atoms with van der Waals surface area (Å²) in [5.41, 5.74) is -0.852. The first-order valence-corrected chi connectivity index (χ1v) is 8.57. The van der Waals surface area contributed by atoms with E-state index in [0.29, 0.717) is 13.1 Å². The lowest BCUT2D eigenvalue weighted by atomic mass is 10.1. The fourth-order valence-electron chi connectivity index (χ4n) is 2.79. The molecule has 9 heteroatoms. The second kappa shape index (κ2) is 7.56. The van der Waals surface area contributed by atoms with Crippen molar-refractivity contribution in [3.8, 4) is 0 Å². The van der Waals surface area contributed by atoms with E-state index in [4.69, 9.17) is 11.6 Å². The van der Waals surface area contributed by atoms with E-state index in [0.717, 1.165) is 25.0 Å². The Morgan fingerprint density at radius 1 is 1.11 bits per heavy atom. The maximum atomic E-state index is 12.9. The predicted molar refractivity (Wildman–Crippen MR) is 93.8 cm³/mol. The summed E-state index contributed by atoms with van der Waals surface area (Å²) >= 11 is 5.57. The van der Waals surface area contributed by atoms with Crippen LogP contribution in [-0.2, 0) is 6.18 Å². The molecule has 0 saturated carbocycles. The number of amides is 2. The number of hydrogen-bond acceptors (Lipinski definition) is 3. The van der Waals surface area contributed by atoms with Crippen molar-refractivity contribution in [2.45, 2.75) is 19.0 Å². The average molecular weight is 398 g/mol. The summed E-state index contributed by atoms with van der Waals surface area (Å²) in [4.78, 5) is 30.4. The third-order valence-corrected chi connectivity index (χ3v) is 4.49. The molecule has 1 aromatic heterocycles. The number of carbonyl (C=O) groups is 2. The van der Waals surface area contributed by atoms with Gasteiger partial charge in [0.25, 0.3) is 11.8 Å².